The maximum Gasteiger partial charge on any atom is 0.137 e. The van der Waals surface area contributed by atoms with E-state index < -0.39 is 0 Å². The highest BCUT2D eigenvalue weighted by Gasteiger charge is 2.20. The van der Waals surface area contributed by atoms with Crippen LogP contribution < -0.4 is 5.73 Å². The molecule has 1 fully saturated rings. The molecular weight excluding hydrogens is 295 g/mol. The van der Waals surface area contributed by atoms with Crippen molar-refractivity contribution in [3.05, 3.63) is 34.1 Å². The minimum absolute atomic E-state index is 0.178. The van der Waals surface area contributed by atoms with Crippen molar-refractivity contribution in [1.29, 1.82) is 0 Å². The normalized spacial score (nSPS) is 21.2. The molecule has 1 aliphatic rings. The standard InChI is InChI=1S/C14H20BrFN2/c15-14-12(4-1-5-13(14)16)10-18-8-2-3-11(9-18)6-7-17/h1,4-5,11H,2-3,6-10,17H2. The second-order valence-electron chi connectivity index (χ2n) is 5.03. The summed E-state index contributed by atoms with van der Waals surface area (Å²) in [6.07, 6.45) is 3.59. The third-order valence-corrected chi connectivity index (χ3v) is 4.49. The predicted molar refractivity (Wildman–Crippen MR) is 75.8 cm³/mol. The van der Waals surface area contributed by atoms with Gasteiger partial charge in [-0.15, -0.1) is 0 Å². The summed E-state index contributed by atoms with van der Waals surface area (Å²) in [5, 5.41) is 0. The Kier molecular flexibility index (Phi) is 5.15. The van der Waals surface area contributed by atoms with Crippen LogP contribution in [0.3, 0.4) is 0 Å². The smallest absolute Gasteiger partial charge is 0.137 e. The van der Waals surface area contributed by atoms with E-state index in [0.717, 1.165) is 38.2 Å². The van der Waals surface area contributed by atoms with Gasteiger partial charge in [-0.25, -0.2) is 4.39 Å². The van der Waals surface area contributed by atoms with Gasteiger partial charge in [-0.1, -0.05) is 12.1 Å². The topological polar surface area (TPSA) is 29.3 Å². The van der Waals surface area contributed by atoms with E-state index in [-0.39, 0.29) is 5.82 Å². The Morgan fingerprint density at radius 2 is 2.28 bits per heavy atom. The fourth-order valence-electron chi connectivity index (χ4n) is 2.68. The number of halogens is 2. The fourth-order valence-corrected chi connectivity index (χ4v) is 3.07. The first kappa shape index (κ1) is 14.0. The average Bonchev–Trinajstić information content (AvgIpc) is 2.36. The predicted octanol–water partition coefficient (Wildman–Crippen LogP) is 3.15. The third kappa shape index (κ3) is 3.53. The molecular formula is C14H20BrFN2. The molecule has 1 atom stereocenters. The van der Waals surface area contributed by atoms with Crippen LogP contribution in [-0.4, -0.2) is 24.5 Å². The highest BCUT2D eigenvalue weighted by molar-refractivity contribution is 9.10. The summed E-state index contributed by atoms with van der Waals surface area (Å²) in [6, 6.07) is 5.25. The van der Waals surface area contributed by atoms with Crippen molar-refractivity contribution < 1.29 is 4.39 Å². The minimum Gasteiger partial charge on any atom is -0.330 e. The van der Waals surface area contributed by atoms with Crippen molar-refractivity contribution in [3.63, 3.8) is 0 Å². The summed E-state index contributed by atoms with van der Waals surface area (Å²) in [4.78, 5) is 2.41. The molecule has 2 rings (SSSR count). The van der Waals surface area contributed by atoms with Crippen LogP contribution in [0, 0.1) is 11.7 Å². The Morgan fingerprint density at radius 3 is 3.06 bits per heavy atom. The highest BCUT2D eigenvalue weighted by Crippen LogP contribution is 2.25. The van der Waals surface area contributed by atoms with Gasteiger partial charge in [0.1, 0.15) is 5.82 Å². The molecule has 1 aromatic rings. The lowest BCUT2D eigenvalue weighted by molar-refractivity contribution is 0.162. The van der Waals surface area contributed by atoms with Gasteiger partial charge in [0.25, 0.3) is 0 Å². The summed E-state index contributed by atoms with van der Waals surface area (Å²) >= 11 is 3.33. The van der Waals surface area contributed by atoms with Gasteiger partial charge in [0.2, 0.25) is 0 Å². The molecule has 100 valence electrons. The molecule has 0 saturated carbocycles. The summed E-state index contributed by atoms with van der Waals surface area (Å²) in [5.74, 6) is 0.527. The molecule has 1 saturated heterocycles. The number of hydrogen-bond donors (Lipinski definition) is 1. The first-order valence-corrected chi connectivity index (χ1v) is 7.35. The maximum absolute atomic E-state index is 13.4. The number of hydrogen-bond acceptors (Lipinski definition) is 2. The van der Waals surface area contributed by atoms with E-state index in [2.05, 4.69) is 20.8 Å². The summed E-state index contributed by atoms with van der Waals surface area (Å²) in [5.41, 5.74) is 6.66. The van der Waals surface area contributed by atoms with Crippen LogP contribution in [0.1, 0.15) is 24.8 Å². The third-order valence-electron chi connectivity index (χ3n) is 3.60. The minimum atomic E-state index is -0.178. The van der Waals surface area contributed by atoms with Gasteiger partial charge in [0.05, 0.1) is 4.47 Å². The number of rotatable bonds is 4. The van der Waals surface area contributed by atoms with Crippen LogP contribution in [0.5, 0.6) is 0 Å². The molecule has 4 heteroatoms. The molecule has 1 aromatic carbocycles. The molecule has 0 bridgehead atoms. The first-order chi connectivity index (χ1) is 8.70. The molecule has 2 nitrogen and oxygen atoms in total. The van der Waals surface area contributed by atoms with Gasteiger partial charge in [0, 0.05) is 13.1 Å². The van der Waals surface area contributed by atoms with Crippen LogP contribution in [-0.2, 0) is 6.54 Å². The lowest BCUT2D eigenvalue weighted by Crippen LogP contribution is -2.35. The SMILES string of the molecule is NCCC1CCCN(Cc2cccc(F)c2Br)C1. The quantitative estimate of drug-likeness (QED) is 0.925. The zero-order chi connectivity index (χ0) is 13.0. The van der Waals surface area contributed by atoms with Crippen molar-refractivity contribution in [2.75, 3.05) is 19.6 Å². The van der Waals surface area contributed by atoms with E-state index in [1.807, 2.05) is 6.07 Å². The molecule has 1 unspecified atom stereocenters. The van der Waals surface area contributed by atoms with Crippen LogP contribution in [0.4, 0.5) is 4.39 Å². The fraction of sp³-hybridized carbons (Fsp3) is 0.571. The number of likely N-dealkylation sites (tertiary alicyclic amines) is 1. The molecule has 0 radical (unpaired) electrons. The zero-order valence-corrected chi connectivity index (χ0v) is 12.1. The van der Waals surface area contributed by atoms with Crippen LogP contribution in [0.15, 0.2) is 22.7 Å². The zero-order valence-electron chi connectivity index (χ0n) is 10.5. The van der Waals surface area contributed by atoms with Gasteiger partial charge in [-0.05, 0) is 65.8 Å². The molecule has 0 spiro atoms. The van der Waals surface area contributed by atoms with E-state index in [9.17, 15) is 4.39 Å². The molecule has 0 aromatic heterocycles. The van der Waals surface area contributed by atoms with Crippen molar-refractivity contribution in [3.8, 4) is 0 Å². The Morgan fingerprint density at radius 1 is 1.44 bits per heavy atom. The van der Waals surface area contributed by atoms with Gasteiger partial charge in [0.15, 0.2) is 0 Å². The average molecular weight is 315 g/mol. The van der Waals surface area contributed by atoms with Gasteiger partial charge in [-0.2, -0.15) is 0 Å². The van der Waals surface area contributed by atoms with Gasteiger partial charge >= 0.3 is 0 Å². The monoisotopic (exact) mass is 314 g/mol. The molecule has 0 aliphatic carbocycles. The second-order valence-corrected chi connectivity index (χ2v) is 5.83. The molecule has 1 heterocycles. The Balaban J connectivity index is 1.98. The van der Waals surface area contributed by atoms with Crippen molar-refractivity contribution in [2.45, 2.75) is 25.8 Å². The van der Waals surface area contributed by atoms with Crippen LogP contribution in [0.25, 0.3) is 0 Å². The number of piperidine rings is 1. The summed E-state index contributed by atoms with van der Waals surface area (Å²) in [6.45, 7) is 3.77. The molecule has 18 heavy (non-hydrogen) atoms. The second kappa shape index (κ2) is 6.64. The van der Waals surface area contributed by atoms with Crippen molar-refractivity contribution in [1.82, 2.24) is 4.90 Å². The van der Waals surface area contributed by atoms with Crippen molar-refractivity contribution in [2.24, 2.45) is 11.7 Å². The van der Waals surface area contributed by atoms with Crippen molar-refractivity contribution >= 4 is 15.9 Å². The summed E-state index contributed by atoms with van der Waals surface area (Å²) in [7, 11) is 0. The number of benzene rings is 1. The Bertz CT molecular complexity index is 395. The van der Waals surface area contributed by atoms with Crippen LogP contribution >= 0.6 is 15.9 Å². The van der Waals surface area contributed by atoms with E-state index in [1.54, 1.807) is 6.07 Å². The maximum atomic E-state index is 13.4. The first-order valence-electron chi connectivity index (χ1n) is 6.56. The largest absolute Gasteiger partial charge is 0.330 e. The lowest BCUT2D eigenvalue weighted by Gasteiger charge is -2.32. The number of nitrogens with zero attached hydrogens (tertiary/aromatic N) is 1. The van der Waals surface area contributed by atoms with E-state index in [1.165, 1.54) is 18.9 Å². The van der Waals surface area contributed by atoms with E-state index in [4.69, 9.17) is 5.73 Å². The van der Waals surface area contributed by atoms with E-state index in [0.29, 0.717) is 10.4 Å². The molecule has 0 amide bonds. The summed E-state index contributed by atoms with van der Waals surface area (Å²) < 4.78 is 14.1. The van der Waals surface area contributed by atoms with Gasteiger partial charge in [-0.3, -0.25) is 4.90 Å². The highest BCUT2D eigenvalue weighted by atomic mass is 79.9. The van der Waals surface area contributed by atoms with Crippen LogP contribution in [0.2, 0.25) is 0 Å². The van der Waals surface area contributed by atoms with Gasteiger partial charge < -0.3 is 5.73 Å². The van der Waals surface area contributed by atoms with E-state index >= 15 is 0 Å². The Labute approximate surface area is 116 Å². The molecule has 2 N–H and O–H groups in total. The number of nitrogens with two attached hydrogens (primary N) is 1. The lowest BCUT2D eigenvalue weighted by atomic mass is 9.94. The molecule has 1 aliphatic heterocycles. The Hall–Kier alpha value is -0.450.